The zero-order valence-corrected chi connectivity index (χ0v) is 14.9. The summed E-state index contributed by atoms with van der Waals surface area (Å²) in [5.41, 5.74) is 3.18. The number of hydrogen-bond donors (Lipinski definition) is 0. The van der Waals surface area contributed by atoms with E-state index in [-0.39, 0.29) is 0 Å². The average Bonchev–Trinajstić information content (AvgIpc) is 3.00. The van der Waals surface area contributed by atoms with Gasteiger partial charge in [-0.05, 0) is 43.7 Å². The quantitative estimate of drug-likeness (QED) is 0.695. The lowest BCUT2D eigenvalue weighted by Crippen LogP contribution is -2.70. The number of anilines is 1. The summed E-state index contributed by atoms with van der Waals surface area (Å²) in [6.45, 7) is 2.90. The van der Waals surface area contributed by atoms with E-state index in [2.05, 4.69) is 20.9 Å². The molecule has 6 rings (SSSR count). The van der Waals surface area contributed by atoms with Crippen LogP contribution in [-0.4, -0.2) is 35.8 Å². The first-order valence-electron chi connectivity index (χ1n) is 9.82. The zero-order chi connectivity index (χ0) is 17.1. The highest BCUT2D eigenvalue weighted by molar-refractivity contribution is 6.05. The van der Waals surface area contributed by atoms with Crippen LogP contribution >= 0.6 is 0 Å². The van der Waals surface area contributed by atoms with Crippen molar-refractivity contribution in [3.8, 4) is 0 Å². The molecule has 2 aromatic heterocycles. The Bertz CT molecular complexity index is 972. The smallest absolute Gasteiger partial charge is 0.196 e. The highest BCUT2D eigenvalue weighted by atomic mass is 16.5. The number of fused-ring (bicyclic) bond motifs is 3. The molecule has 4 heterocycles. The Morgan fingerprint density at radius 2 is 1.92 bits per heavy atom. The summed E-state index contributed by atoms with van der Waals surface area (Å²) in [5, 5.41) is 1.08. The van der Waals surface area contributed by atoms with E-state index in [0.717, 1.165) is 60.5 Å². The van der Waals surface area contributed by atoms with Crippen molar-refractivity contribution in [2.45, 2.75) is 38.1 Å². The van der Waals surface area contributed by atoms with Gasteiger partial charge in [0.25, 0.3) is 0 Å². The Labute approximate surface area is 152 Å². The fraction of sp³-hybridized carbons (Fsp3) is 0.524. The summed E-state index contributed by atoms with van der Waals surface area (Å²) in [6, 6.07) is 8.72. The van der Waals surface area contributed by atoms with Crippen molar-refractivity contribution in [3.05, 3.63) is 30.6 Å². The predicted octanol–water partition coefficient (Wildman–Crippen LogP) is 4.16. The molecule has 1 unspecified atom stereocenters. The van der Waals surface area contributed by atoms with Crippen LogP contribution in [0.4, 0.5) is 5.82 Å². The molecule has 0 N–H and O–H groups in total. The Kier molecular flexibility index (Phi) is 3.13. The highest BCUT2D eigenvalue weighted by Crippen LogP contribution is 2.58. The minimum absolute atomic E-state index is 0.505. The number of rotatable bonds is 2. The molecule has 0 radical (unpaired) electrons. The van der Waals surface area contributed by atoms with Crippen LogP contribution in [0, 0.1) is 11.3 Å². The lowest BCUT2D eigenvalue weighted by Gasteiger charge is -2.65. The maximum absolute atomic E-state index is 6.20. The van der Waals surface area contributed by atoms with Crippen LogP contribution in [0.1, 0.15) is 32.1 Å². The van der Waals surface area contributed by atoms with Gasteiger partial charge in [-0.2, -0.15) is 0 Å². The van der Waals surface area contributed by atoms with Crippen LogP contribution in [0.5, 0.6) is 0 Å². The van der Waals surface area contributed by atoms with E-state index in [1.807, 2.05) is 18.2 Å². The summed E-state index contributed by atoms with van der Waals surface area (Å²) < 4.78 is 11.8. The lowest BCUT2D eigenvalue weighted by molar-refractivity contribution is -0.0368. The van der Waals surface area contributed by atoms with E-state index in [0.29, 0.717) is 17.4 Å². The van der Waals surface area contributed by atoms with Crippen molar-refractivity contribution >= 4 is 27.9 Å². The molecule has 1 atom stereocenters. The Morgan fingerprint density at radius 3 is 2.73 bits per heavy atom. The van der Waals surface area contributed by atoms with Crippen LogP contribution in [0.15, 0.2) is 35.0 Å². The normalized spacial score (nSPS) is 25.5. The molecule has 2 aliphatic heterocycles. The molecule has 134 valence electrons. The molecule has 5 nitrogen and oxygen atoms in total. The molecular weight excluding hydrogens is 326 g/mol. The van der Waals surface area contributed by atoms with Crippen LogP contribution in [0.2, 0.25) is 0 Å². The topological polar surface area (TPSA) is 51.4 Å². The molecule has 5 heteroatoms. The Morgan fingerprint density at radius 1 is 1.08 bits per heavy atom. The summed E-state index contributed by atoms with van der Waals surface area (Å²) in [7, 11) is 0. The third-order valence-electron chi connectivity index (χ3n) is 6.92. The molecule has 1 spiro atoms. The Balaban J connectivity index is 1.45. The second-order valence-electron chi connectivity index (χ2n) is 8.21. The summed E-state index contributed by atoms with van der Waals surface area (Å²) in [6.07, 6.45) is 8.12. The molecule has 1 aliphatic carbocycles. The predicted molar refractivity (Wildman–Crippen MR) is 100 cm³/mol. The van der Waals surface area contributed by atoms with Gasteiger partial charge in [-0.25, -0.2) is 9.97 Å². The van der Waals surface area contributed by atoms with Gasteiger partial charge in [0.15, 0.2) is 11.4 Å². The first-order valence-corrected chi connectivity index (χ1v) is 9.82. The van der Waals surface area contributed by atoms with Gasteiger partial charge in [0.2, 0.25) is 0 Å². The number of nitrogens with zero attached hydrogens (tertiary/aromatic N) is 3. The van der Waals surface area contributed by atoms with Gasteiger partial charge in [-0.3, -0.25) is 0 Å². The van der Waals surface area contributed by atoms with Gasteiger partial charge in [0.1, 0.15) is 17.4 Å². The summed E-state index contributed by atoms with van der Waals surface area (Å²) >= 11 is 0. The van der Waals surface area contributed by atoms with E-state index >= 15 is 0 Å². The van der Waals surface area contributed by atoms with Crippen LogP contribution < -0.4 is 4.90 Å². The third-order valence-corrected chi connectivity index (χ3v) is 6.92. The minimum atomic E-state index is 0.505. The number of hydrogen-bond acceptors (Lipinski definition) is 5. The van der Waals surface area contributed by atoms with Gasteiger partial charge in [-0.15, -0.1) is 0 Å². The molecule has 1 aromatic carbocycles. The SMILES string of the molecule is c1ccc2c(c1)oc1c(N3CC4(CCC4)C3C3CCOCC3)ncnc12. The molecule has 3 aliphatic rings. The maximum atomic E-state index is 6.20. The minimum Gasteiger partial charge on any atom is -0.450 e. The molecular formula is C21H23N3O2. The lowest BCUT2D eigenvalue weighted by atomic mass is 9.54. The molecule has 1 saturated carbocycles. The van der Waals surface area contributed by atoms with Gasteiger partial charge in [-0.1, -0.05) is 18.6 Å². The second-order valence-corrected chi connectivity index (χ2v) is 8.21. The van der Waals surface area contributed by atoms with Crippen molar-refractivity contribution < 1.29 is 9.15 Å². The molecule has 26 heavy (non-hydrogen) atoms. The van der Waals surface area contributed by atoms with E-state index in [9.17, 15) is 0 Å². The standard InChI is InChI=1S/C21H23N3O2/c1-2-5-16-15(4-1)17-18(26-16)20(23-13-22-17)24-12-21(8-3-9-21)19(24)14-6-10-25-11-7-14/h1-2,4-5,13-14,19H,3,6-12H2. The molecule has 0 amide bonds. The summed E-state index contributed by atoms with van der Waals surface area (Å²) in [5.74, 6) is 1.69. The Hall–Kier alpha value is -2.14. The largest absolute Gasteiger partial charge is 0.450 e. The van der Waals surface area contributed by atoms with Crippen molar-refractivity contribution in [2.75, 3.05) is 24.7 Å². The van der Waals surface area contributed by atoms with Gasteiger partial charge in [0, 0.05) is 36.6 Å². The van der Waals surface area contributed by atoms with Gasteiger partial charge < -0.3 is 14.1 Å². The average molecular weight is 349 g/mol. The van der Waals surface area contributed by atoms with Gasteiger partial charge in [0.05, 0.1) is 0 Å². The van der Waals surface area contributed by atoms with Crippen LogP contribution in [0.3, 0.4) is 0 Å². The second kappa shape index (κ2) is 5.43. The number of aromatic nitrogens is 2. The van der Waals surface area contributed by atoms with E-state index < -0.39 is 0 Å². The fourth-order valence-corrected chi connectivity index (χ4v) is 5.54. The first kappa shape index (κ1) is 15.0. The van der Waals surface area contributed by atoms with Crippen molar-refractivity contribution in [1.82, 2.24) is 9.97 Å². The maximum Gasteiger partial charge on any atom is 0.196 e. The van der Waals surface area contributed by atoms with Gasteiger partial charge >= 0.3 is 0 Å². The van der Waals surface area contributed by atoms with Crippen molar-refractivity contribution in [3.63, 3.8) is 0 Å². The third kappa shape index (κ3) is 1.95. The monoisotopic (exact) mass is 349 g/mol. The van der Waals surface area contributed by atoms with E-state index in [1.165, 1.54) is 19.3 Å². The number of benzene rings is 1. The molecule has 3 fully saturated rings. The van der Waals surface area contributed by atoms with Crippen LogP contribution in [0.25, 0.3) is 22.1 Å². The number of para-hydroxylation sites is 1. The molecule has 3 aromatic rings. The first-order chi connectivity index (χ1) is 12.9. The molecule has 2 saturated heterocycles. The zero-order valence-electron chi connectivity index (χ0n) is 14.9. The van der Waals surface area contributed by atoms with E-state index in [4.69, 9.17) is 9.15 Å². The number of furan rings is 1. The summed E-state index contributed by atoms with van der Waals surface area (Å²) in [4.78, 5) is 11.7. The van der Waals surface area contributed by atoms with Crippen molar-refractivity contribution in [2.24, 2.45) is 11.3 Å². The van der Waals surface area contributed by atoms with Crippen LogP contribution in [-0.2, 0) is 4.74 Å². The highest BCUT2D eigenvalue weighted by Gasteiger charge is 2.59. The number of ether oxygens (including phenoxy) is 1. The molecule has 0 bridgehead atoms. The van der Waals surface area contributed by atoms with Crippen molar-refractivity contribution in [1.29, 1.82) is 0 Å². The fourth-order valence-electron chi connectivity index (χ4n) is 5.54. The van der Waals surface area contributed by atoms with E-state index in [1.54, 1.807) is 6.33 Å².